The molecular formula is C21H25BrN2O3. The summed E-state index contributed by atoms with van der Waals surface area (Å²) >= 11 is 3.39. The van der Waals surface area contributed by atoms with Crippen molar-refractivity contribution in [3.05, 3.63) is 57.6 Å². The fourth-order valence-electron chi connectivity index (χ4n) is 2.48. The minimum absolute atomic E-state index is 0.133. The molecule has 2 aromatic rings. The summed E-state index contributed by atoms with van der Waals surface area (Å²) in [4.78, 5) is 23.9. The van der Waals surface area contributed by atoms with E-state index in [-0.39, 0.29) is 24.7 Å². The quantitative estimate of drug-likeness (QED) is 0.653. The molecule has 2 rings (SSSR count). The first-order valence-electron chi connectivity index (χ1n) is 8.88. The Kier molecular flexibility index (Phi) is 7.85. The van der Waals surface area contributed by atoms with Crippen molar-refractivity contribution in [3.63, 3.8) is 0 Å². The lowest BCUT2D eigenvalue weighted by molar-refractivity contribution is -0.121. The topological polar surface area (TPSA) is 67.4 Å². The van der Waals surface area contributed by atoms with Gasteiger partial charge < -0.3 is 15.4 Å². The second kappa shape index (κ2) is 10.1. The van der Waals surface area contributed by atoms with Crippen molar-refractivity contribution >= 4 is 33.4 Å². The largest absolute Gasteiger partial charge is 0.493 e. The highest BCUT2D eigenvalue weighted by Gasteiger charge is 2.08. The molecule has 0 bridgehead atoms. The monoisotopic (exact) mass is 432 g/mol. The molecule has 2 aromatic carbocycles. The van der Waals surface area contributed by atoms with E-state index in [4.69, 9.17) is 4.74 Å². The minimum Gasteiger partial charge on any atom is -0.493 e. The van der Waals surface area contributed by atoms with Gasteiger partial charge in [-0.3, -0.25) is 9.59 Å². The third-order valence-electron chi connectivity index (χ3n) is 4.29. The number of nitrogens with one attached hydrogen (secondary N) is 2. The van der Waals surface area contributed by atoms with E-state index >= 15 is 0 Å². The highest BCUT2D eigenvalue weighted by molar-refractivity contribution is 9.10. The van der Waals surface area contributed by atoms with Crippen molar-refractivity contribution in [3.8, 4) is 5.75 Å². The maximum absolute atomic E-state index is 12.0. The Bertz CT molecular complexity index is 821. The van der Waals surface area contributed by atoms with Crippen molar-refractivity contribution in [2.24, 2.45) is 0 Å². The van der Waals surface area contributed by atoms with Crippen LogP contribution in [0.25, 0.3) is 0 Å². The molecule has 0 spiro atoms. The molecule has 5 nitrogen and oxygen atoms in total. The number of benzene rings is 2. The van der Waals surface area contributed by atoms with E-state index in [0.717, 1.165) is 32.6 Å². The van der Waals surface area contributed by atoms with Gasteiger partial charge in [0.05, 0.1) is 13.0 Å². The third-order valence-corrected chi connectivity index (χ3v) is 4.78. The van der Waals surface area contributed by atoms with Gasteiger partial charge in [0.15, 0.2) is 0 Å². The fraction of sp³-hybridized carbons (Fsp3) is 0.333. The van der Waals surface area contributed by atoms with Crippen molar-refractivity contribution in [1.29, 1.82) is 0 Å². The van der Waals surface area contributed by atoms with Gasteiger partial charge in [-0.1, -0.05) is 34.1 Å². The molecule has 0 heterocycles. The Labute approximate surface area is 168 Å². The van der Waals surface area contributed by atoms with Crippen molar-refractivity contribution in [2.75, 3.05) is 18.5 Å². The van der Waals surface area contributed by atoms with Crippen LogP contribution in [0.2, 0.25) is 0 Å². The number of aryl methyl sites for hydroxylation is 2. The van der Waals surface area contributed by atoms with Crippen LogP contribution in [0.1, 0.15) is 29.5 Å². The summed E-state index contributed by atoms with van der Waals surface area (Å²) in [7, 11) is 0. The SMILES string of the molecule is Cc1ccc(Br)cc1NC(=O)CCNC(=O)CCOc1cccc(C)c1C. The first kappa shape index (κ1) is 21.0. The van der Waals surface area contributed by atoms with Gasteiger partial charge in [0.1, 0.15) is 5.75 Å². The number of rotatable bonds is 8. The summed E-state index contributed by atoms with van der Waals surface area (Å²) in [6.45, 7) is 6.55. The number of halogens is 1. The zero-order valence-corrected chi connectivity index (χ0v) is 17.5. The van der Waals surface area contributed by atoms with E-state index in [9.17, 15) is 9.59 Å². The molecular weight excluding hydrogens is 408 g/mol. The van der Waals surface area contributed by atoms with Gasteiger partial charge in [-0.2, -0.15) is 0 Å². The minimum atomic E-state index is -0.136. The highest BCUT2D eigenvalue weighted by atomic mass is 79.9. The van der Waals surface area contributed by atoms with Crippen LogP contribution in [0, 0.1) is 20.8 Å². The van der Waals surface area contributed by atoms with Gasteiger partial charge in [0.25, 0.3) is 0 Å². The molecule has 0 saturated heterocycles. The van der Waals surface area contributed by atoms with Crippen molar-refractivity contribution < 1.29 is 14.3 Å². The number of hydrogen-bond acceptors (Lipinski definition) is 3. The van der Waals surface area contributed by atoms with Crippen LogP contribution >= 0.6 is 15.9 Å². The molecule has 0 radical (unpaired) electrons. The Morgan fingerprint density at radius 2 is 1.78 bits per heavy atom. The summed E-state index contributed by atoms with van der Waals surface area (Å²) in [6.07, 6.45) is 0.468. The molecule has 0 aromatic heterocycles. The maximum Gasteiger partial charge on any atom is 0.226 e. The van der Waals surface area contributed by atoms with Crippen molar-refractivity contribution in [2.45, 2.75) is 33.6 Å². The van der Waals surface area contributed by atoms with Gasteiger partial charge >= 0.3 is 0 Å². The maximum atomic E-state index is 12.0. The van der Waals surface area contributed by atoms with Crippen LogP contribution in [0.4, 0.5) is 5.69 Å². The Morgan fingerprint density at radius 1 is 1.00 bits per heavy atom. The van der Waals surface area contributed by atoms with Crippen LogP contribution in [0.3, 0.4) is 0 Å². The lowest BCUT2D eigenvalue weighted by atomic mass is 10.1. The molecule has 0 atom stereocenters. The molecule has 2 N–H and O–H groups in total. The van der Waals surface area contributed by atoms with Gasteiger partial charge in [0, 0.05) is 23.1 Å². The number of ether oxygens (including phenoxy) is 1. The molecule has 0 aliphatic carbocycles. The molecule has 0 fully saturated rings. The number of anilines is 1. The summed E-state index contributed by atoms with van der Waals surface area (Å²) in [6, 6.07) is 11.6. The molecule has 0 aliphatic heterocycles. The molecule has 6 heteroatoms. The summed E-state index contributed by atoms with van der Waals surface area (Å²) in [5.41, 5.74) is 3.99. The van der Waals surface area contributed by atoms with Crippen molar-refractivity contribution in [1.82, 2.24) is 5.32 Å². The van der Waals surface area contributed by atoms with Crippen LogP contribution in [0.15, 0.2) is 40.9 Å². The second-order valence-electron chi connectivity index (χ2n) is 6.40. The zero-order chi connectivity index (χ0) is 19.8. The van der Waals surface area contributed by atoms with E-state index in [0.29, 0.717) is 13.2 Å². The molecule has 27 heavy (non-hydrogen) atoms. The number of hydrogen-bond donors (Lipinski definition) is 2. The first-order chi connectivity index (χ1) is 12.9. The lowest BCUT2D eigenvalue weighted by Crippen LogP contribution is -2.28. The zero-order valence-electron chi connectivity index (χ0n) is 15.9. The van der Waals surface area contributed by atoms with E-state index in [1.807, 2.05) is 57.2 Å². The smallest absolute Gasteiger partial charge is 0.226 e. The Balaban J connectivity index is 1.67. The fourth-order valence-corrected chi connectivity index (χ4v) is 2.84. The standard InChI is InChI=1S/C21H25BrN2O3/c1-14-5-4-6-19(16(14)3)27-12-10-20(25)23-11-9-21(26)24-18-13-17(22)8-7-15(18)2/h4-8,13H,9-12H2,1-3H3,(H,23,25)(H,24,26). The number of carbonyl (C=O) groups is 2. The highest BCUT2D eigenvalue weighted by Crippen LogP contribution is 2.21. The third kappa shape index (κ3) is 6.71. The van der Waals surface area contributed by atoms with E-state index in [1.54, 1.807) is 0 Å². The average molecular weight is 433 g/mol. The van der Waals surface area contributed by atoms with Crippen LogP contribution in [0.5, 0.6) is 5.75 Å². The average Bonchev–Trinajstić information content (AvgIpc) is 2.62. The van der Waals surface area contributed by atoms with E-state index in [2.05, 4.69) is 26.6 Å². The summed E-state index contributed by atoms with van der Waals surface area (Å²) in [5, 5.41) is 5.60. The molecule has 0 aliphatic rings. The Hall–Kier alpha value is -2.34. The predicted octanol–water partition coefficient (Wildman–Crippen LogP) is 4.29. The van der Waals surface area contributed by atoms with Crippen LogP contribution in [-0.4, -0.2) is 25.0 Å². The van der Waals surface area contributed by atoms with E-state index < -0.39 is 0 Å². The predicted molar refractivity (Wildman–Crippen MR) is 111 cm³/mol. The first-order valence-corrected chi connectivity index (χ1v) is 9.68. The molecule has 2 amide bonds. The number of amides is 2. The lowest BCUT2D eigenvalue weighted by Gasteiger charge is -2.11. The van der Waals surface area contributed by atoms with Gasteiger partial charge in [-0.15, -0.1) is 0 Å². The van der Waals surface area contributed by atoms with Gasteiger partial charge in [-0.25, -0.2) is 0 Å². The second-order valence-corrected chi connectivity index (χ2v) is 7.32. The summed E-state index contributed by atoms with van der Waals surface area (Å²) < 4.78 is 6.58. The van der Waals surface area contributed by atoms with E-state index in [1.165, 1.54) is 0 Å². The molecule has 0 unspecified atom stereocenters. The normalized spacial score (nSPS) is 10.4. The van der Waals surface area contributed by atoms with Gasteiger partial charge in [-0.05, 0) is 55.7 Å². The Morgan fingerprint density at radius 3 is 2.56 bits per heavy atom. The summed E-state index contributed by atoms with van der Waals surface area (Å²) in [5.74, 6) is 0.529. The van der Waals surface area contributed by atoms with Crippen LogP contribution < -0.4 is 15.4 Å². The van der Waals surface area contributed by atoms with Gasteiger partial charge in [0.2, 0.25) is 11.8 Å². The molecule has 144 valence electrons. The molecule has 0 saturated carbocycles. The number of carbonyl (C=O) groups excluding carboxylic acids is 2. The van der Waals surface area contributed by atoms with Crippen LogP contribution in [-0.2, 0) is 9.59 Å².